The van der Waals surface area contributed by atoms with Crippen LogP contribution in [0.1, 0.15) is 52.0 Å². The lowest BCUT2D eigenvalue weighted by atomic mass is 9.96. The zero-order valence-electron chi connectivity index (χ0n) is 18.3. The second-order valence-electron chi connectivity index (χ2n) is 9.45. The number of rotatable bonds is 4. The molecule has 0 aromatic heterocycles. The van der Waals surface area contributed by atoms with Crippen molar-refractivity contribution in [1.29, 1.82) is 0 Å². The molecule has 7 heteroatoms. The lowest BCUT2D eigenvalue weighted by molar-refractivity contribution is -0.127. The van der Waals surface area contributed by atoms with E-state index < -0.39 is 5.60 Å². The number of amides is 2. The molecule has 0 saturated carbocycles. The van der Waals surface area contributed by atoms with Gasteiger partial charge in [-0.3, -0.25) is 9.69 Å². The van der Waals surface area contributed by atoms with E-state index in [1.165, 1.54) is 5.56 Å². The monoisotopic (exact) mass is 435 g/mol. The van der Waals surface area contributed by atoms with Gasteiger partial charge in [-0.05, 0) is 64.2 Å². The van der Waals surface area contributed by atoms with Crippen LogP contribution in [0.5, 0.6) is 0 Å². The van der Waals surface area contributed by atoms with Gasteiger partial charge in [-0.2, -0.15) is 0 Å². The molecular formula is C23H34ClN3O3. The maximum atomic E-state index is 12.8. The van der Waals surface area contributed by atoms with Gasteiger partial charge in [0.05, 0.1) is 5.92 Å². The Morgan fingerprint density at radius 3 is 2.40 bits per heavy atom. The van der Waals surface area contributed by atoms with E-state index in [0.29, 0.717) is 13.1 Å². The highest BCUT2D eigenvalue weighted by molar-refractivity contribution is 6.30. The molecule has 0 spiro atoms. The van der Waals surface area contributed by atoms with Crippen molar-refractivity contribution >= 4 is 23.6 Å². The lowest BCUT2D eigenvalue weighted by Gasteiger charge is -2.36. The Labute approximate surface area is 184 Å². The Morgan fingerprint density at radius 1 is 1.10 bits per heavy atom. The van der Waals surface area contributed by atoms with Gasteiger partial charge >= 0.3 is 6.09 Å². The highest BCUT2D eigenvalue weighted by atomic mass is 35.5. The summed E-state index contributed by atoms with van der Waals surface area (Å²) in [6, 6.07) is 8.19. The first-order valence-electron chi connectivity index (χ1n) is 10.9. The first-order chi connectivity index (χ1) is 14.2. The van der Waals surface area contributed by atoms with Crippen molar-refractivity contribution in [3.63, 3.8) is 0 Å². The molecule has 2 amide bonds. The van der Waals surface area contributed by atoms with Gasteiger partial charge in [0.15, 0.2) is 0 Å². The quantitative estimate of drug-likeness (QED) is 0.774. The third kappa shape index (κ3) is 6.88. The van der Waals surface area contributed by atoms with Gasteiger partial charge in [0, 0.05) is 43.8 Å². The number of likely N-dealkylation sites (tertiary alicyclic amines) is 2. The Morgan fingerprint density at radius 2 is 1.77 bits per heavy atom. The molecule has 2 aliphatic rings. The molecule has 30 heavy (non-hydrogen) atoms. The van der Waals surface area contributed by atoms with Crippen LogP contribution in [0.25, 0.3) is 0 Å². The molecule has 6 nitrogen and oxygen atoms in total. The number of carbonyl (C=O) groups is 2. The fourth-order valence-corrected chi connectivity index (χ4v) is 4.21. The maximum Gasteiger partial charge on any atom is 0.410 e. The molecule has 1 aromatic rings. The summed E-state index contributed by atoms with van der Waals surface area (Å²) in [7, 11) is 0. The van der Waals surface area contributed by atoms with E-state index in [4.69, 9.17) is 16.3 Å². The van der Waals surface area contributed by atoms with Gasteiger partial charge in [-0.15, -0.1) is 0 Å². The van der Waals surface area contributed by atoms with Gasteiger partial charge in [-0.1, -0.05) is 23.7 Å². The van der Waals surface area contributed by atoms with Crippen LogP contribution >= 0.6 is 11.6 Å². The number of hydrogen-bond acceptors (Lipinski definition) is 4. The van der Waals surface area contributed by atoms with E-state index in [1.807, 2.05) is 32.9 Å². The van der Waals surface area contributed by atoms with Crippen molar-refractivity contribution in [3.8, 4) is 0 Å². The highest BCUT2D eigenvalue weighted by Gasteiger charge is 2.32. The van der Waals surface area contributed by atoms with Crippen molar-refractivity contribution in [2.24, 2.45) is 5.92 Å². The fraction of sp³-hybridized carbons (Fsp3) is 0.652. The van der Waals surface area contributed by atoms with Crippen LogP contribution in [0.4, 0.5) is 4.79 Å². The zero-order valence-corrected chi connectivity index (χ0v) is 19.1. The number of hydrogen-bond donors (Lipinski definition) is 1. The minimum Gasteiger partial charge on any atom is -0.444 e. The molecule has 1 atom stereocenters. The van der Waals surface area contributed by atoms with Crippen LogP contribution in [0.2, 0.25) is 5.02 Å². The van der Waals surface area contributed by atoms with Gasteiger partial charge in [0.2, 0.25) is 5.91 Å². The Kier molecular flexibility index (Phi) is 7.64. The first kappa shape index (κ1) is 22.9. The Bertz CT molecular complexity index is 724. The van der Waals surface area contributed by atoms with Crippen LogP contribution < -0.4 is 5.32 Å². The summed E-state index contributed by atoms with van der Waals surface area (Å²) in [6.45, 7) is 9.50. The van der Waals surface area contributed by atoms with E-state index in [2.05, 4.69) is 22.3 Å². The maximum absolute atomic E-state index is 12.8. The molecule has 1 aromatic carbocycles. The fourth-order valence-electron chi connectivity index (χ4n) is 4.09. The summed E-state index contributed by atoms with van der Waals surface area (Å²) in [4.78, 5) is 29.2. The molecule has 2 fully saturated rings. The number of nitrogens with one attached hydrogen (secondary N) is 1. The van der Waals surface area contributed by atoms with Crippen molar-refractivity contribution in [2.75, 3.05) is 26.2 Å². The Balaban J connectivity index is 1.42. The normalized spacial score (nSPS) is 21.3. The summed E-state index contributed by atoms with van der Waals surface area (Å²) < 4.78 is 5.46. The molecule has 0 aliphatic carbocycles. The number of benzene rings is 1. The molecule has 2 aliphatic heterocycles. The summed E-state index contributed by atoms with van der Waals surface area (Å²) in [5, 5.41) is 3.98. The summed E-state index contributed by atoms with van der Waals surface area (Å²) >= 11 is 5.96. The number of halogens is 1. The number of ether oxygens (including phenoxy) is 1. The van der Waals surface area contributed by atoms with Crippen LogP contribution in [-0.2, 0) is 16.1 Å². The molecule has 1 N–H and O–H groups in total. The number of piperidine rings is 2. The van der Waals surface area contributed by atoms with Crippen molar-refractivity contribution in [3.05, 3.63) is 34.9 Å². The second-order valence-corrected chi connectivity index (χ2v) is 9.89. The first-order valence-corrected chi connectivity index (χ1v) is 11.3. The van der Waals surface area contributed by atoms with E-state index in [1.54, 1.807) is 4.90 Å². The number of carbonyl (C=O) groups excluding carboxylic acids is 2. The third-order valence-corrected chi connectivity index (χ3v) is 5.95. The van der Waals surface area contributed by atoms with Crippen LogP contribution in [0, 0.1) is 5.92 Å². The molecule has 166 valence electrons. The average Bonchev–Trinajstić information content (AvgIpc) is 2.70. The summed E-state index contributed by atoms with van der Waals surface area (Å²) in [6.07, 6.45) is 3.22. The molecule has 1 unspecified atom stereocenters. The smallest absolute Gasteiger partial charge is 0.410 e. The Hall–Kier alpha value is -1.79. The van der Waals surface area contributed by atoms with E-state index >= 15 is 0 Å². The van der Waals surface area contributed by atoms with E-state index in [0.717, 1.165) is 50.3 Å². The van der Waals surface area contributed by atoms with Gasteiger partial charge in [-0.25, -0.2) is 4.79 Å². The molecular weight excluding hydrogens is 402 g/mol. The lowest BCUT2D eigenvalue weighted by Crippen LogP contribution is -2.50. The molecule has 0 bridgehead atoms. The van der Waals surface area contributed by atoms with Crippen molar-refractivity contribution in [1.82, 2.24) is 15.1 Å². The van der Waals surface area contributed by atoms with Crippen LogP contribution in [-0.4, -0.2) is 59.6 Å². The molecule has 2 heterocycles. The average molecular weight is 436 g/mol. The SMILES string of the molecule is CC(C)(C)OC(=O)N1CCCC(C(=O)NC2CCN(Cc3ccc(Cl)cc3)CC2)C1. The van der Waals surface area contributed by atoms with Gasteiger partial charge < -0.3 is 15.0 Å². The molecule has 2 saturated heterocycles. The zero-order chi connectivity index (χ0) is 21.7. The molecule has 0 radical (unpaired) electrons. The molecule has 3 rings (SSSR count). The predicted molar refractivity (Wildman–Crippen MR) is 118 cm³/mol. The standard InChI is InChI=1S/C23H34ClN3O3/c1-23(2,3)30-22(29)27-12-4-5-18(16-27)21(28)25-20-10-13-26(14-11-20)15-17-6-8-19(24)9-7-17/h6-9,18,20H,4-5,10-16H2,1-3H3,(H,25,28). The minimum absolute atomic E-state index is 0.0689. The van der Waals surface area contributed by atoms with Crippen LogP contribution in [0.3, 0.4) is 0 Å². The van der Waals surface area contributed by atoms with Crippen molar-refractivity contribution in [2.45, 2.75) is 64.6 Å². The third-order valence-electron chi connectivity index (χ3n) is 5.70. The second kappa shape index (κ2) is 10.0. The number of nitrogens with zero attached hydrogens (tertiary/aromatic N) is 2. The van der Waals surface area contributed by atoms with Crippen molar-refractivity contribution < 1.29 is 14.3 Å². The summed E-state index contributed by atoms with van der Waals surface area (Å²) in [5.74, 6) is -0.0854. The van der Waals surface area contributed by atoms with Crippen LogP contribution in [0.15, 0.2) is 24.3 Å². The minimum atomic E-state index is -0.522. The van der Waals surface area contributed by atoms with Gasteiger partial charge in [0.25, 0.3) is 0 Å². The highest BCUT2D eigenvalue weighted by Crippen LogP contribution is 2.21. The predicted octanol–water partition coefficient (Wildman–Crippen LogP) is 4.07. The summed E-state index contributed by atoms with van der Waals surface area (Å²) in [5.41, 5.74) is 0.734. The van der Waals surface area contributed by atoms with Gasteiger partial charge in [0.1, 0.15) is 5.60 Å². The van der Waals surface area contributed by atoms with E-state index in [9.17, 15) is 9.59 Å². The van der Waals surface area contributed by atoms with E-state index in [-0.39, 0.29) is 24.0 Å². The largest absolute Gasteiger partial charge is 0.444 e. The topological polar surface area (TPSA) is 61.9 Å².